The Morgan fingerprint density at radius 2 is 1.96 bits per heavy atom. The van der Waals surface area contributed by atoms with Gasteiger partial charge in [-0.05, 0) is 55.5 Å². The molecule has 1 aromatic carbocycles. The van der Waals surface area contributed by atoms with E-state index in [4.69, 9.17) is 0 Å². The molecule has 2 heterocycles. The van der Waals surface area contributed by atoms with E-state index in [9.17, 15) is 9.59 Å². The molecule has 1 unspecified atom stereocenters. The summed E-state index contributed by atoms with van der Waals surface area (Å²) in [6, 6.07) is 8.88. The van der Waals surface area contributed by atoms with E-state index in [0.717, 1.165) is 16.1 Å². The second kappa shape index (κ2) is 6.49. The van der Waals surface area contributed by atoms with Gasteiger partial charge in [-0.25, -0.2) is 4.79 Å². The number of aryl methyl sites for hydroxylation is 2. The van der Waals surface area contributed by atoms with Crippen molar-refractivity contribution in [3.05, 3.63) is 63.0 Å². The molecule has 0 spiro atoms. The molecule has 1 aromatic heterocycles. The fraction of sp³-hybridized carbons (Fsp3) is 0.222. The molecule has 1 aliphatic heterocycles. The summed E-state index contributed by atoms with van der Waals surface area (Å²) >= 11 is 1.51. The van der Waals surface area contributed by atoms with E-state index < -0.39 is 6.04 Å². The maximum Gasteiger partial charge on any atom is 0.319 e. The van der Waals surface area contributed by atoms with Crippen LogP contribution >= 0.6 is 11.3 Å². The first-order valence-corrected chi connectivity index (χ1v) is 8.54. The number of carbonyl (C=O) groups excluding carboxylic acids is 2. The fourth-order valence-electron chi connectivity index (χ4n) is 2.68. The average molecular weight is 341 g/mol. The molecule has 0 saturated heterocycles. The normalized spacial score (nSPS) is 17.3. The number of thiophene rings is 1. The summed E-state index contributed by atoms with van der Waals surface area (Å²) in [6.07, 6.45) is 0. The Kier molecular flexibility index (Phi) is 4.40. The SMILES string of the molecule is CC1=C(C(=O)Nc2ccc(C)c(C)c2)C(c2cccs2)NC(=O)N1. The molecular formula is C18H19N3O2S. The summed E-state index contributed by atoms with van der Waals surface area (Å²) < 4.78 is 0. The third kappa shape index (κ3) is 3.19. The van der Waals surface area contributed by atoms with Crippen LogP contribution in [-0.4, -0.2) is 11.9 Å². The van der Waals surface area contributed by atoms with Gasteiger partial charge in [0.25, 0.3) is 5.91 Å². The molecule has 0 radical (unpaired) electrons. The van der Waals surface area contributed by atoms with E-state index in [1.807, 2.05) is 49.6 Å². The van der Waals surface area contributed by atoms with Crippen molar-refractivity contribution in [3.8, 4) is 0 Å². The van der Waals surface area contributed by atoms with Gasteiger partial charge in [0.15, 0.2) is 0 Å². The van der Waals surface area contributed by atoms with Crippen molar-refractivity contribution in [3.63, 3.8) is 0 Å². The second-order valence-corrected chi connectivity index (χ2v) is 6.82. The van der Waals surface area contributed by atoms with Crippen molar-refractivity contribution in [2.45, 2.75) is 26.8 Å². The highest BCUT2D eigenvalue weighted by atomic mass is 32.1. The van der Waals surface area contributed by atoms with Crippen molar-refractivity contribution < 1.29 is 9.59 Å². The average Bonchev–Trinajstić information content (AvgIpc) is 3.04. The number of nitrogens with one attached hydrogen (secondary N) is 3. The Labute approximate surface area is 144 Å². The largest absolute Gasteiger partial charge is 0.326 e. The van der Waals surface area contributed by atoms with Crippen molar-refractivity contribution in [2.24, 2.45) is 0 Å². The van der Waals surface area contributed by atoms with Crippen LogP contribution in [0, 0.1) is 13.8 Å². The van der Waals surface area contributed by atoms with E-state index in [2.05, 4.69) is 16.0 Å². The Hall–Kier alpha value is -2.60. The number of urea groups is 1. The minimum absolute atomic E-state index is 0.221. The van der Waals surface area contributed by atoms with Crippen molar-refractivity contribution >= 4 is 29.0 Å². The van der Waals surface area contributed by atoms with Gasteiger partial charge in [0.05, 0.1) is 11.6 Å². The second-order valence-electron chi connectivity index (χ2n) is 5.84. The number of rotatable bonds is 3. The topological polar surface area (TPSA) is 70.2 Å². The zero-order valence-electron chi connectivity index (χ0n) is 13.8. The molecule has 0 aliphatic carbocycles. The highest BCUT2D eigenvalue weighted by molar-refractivity contribution is 7.10. The summed E-state index contributed by atoms with van der Waals surface area (Å²) in [6.45, 7) is 5.78. The first-order valence-electron chi connectivity index (χ1n) is 7.66. The number of carbonyl (C=O) groups is 2. The first kappa shape index (κ1) is 16.3. The van der Waals surface area contributed by atoms with Crippen molar-refractivity contribution in [1.82, 2.24) is 10.6 Å². The molecule has 0 fully saturated rings. The number of benzene rings is 1. The van der Waals surface area contributed by atoms with Crippen LogP contribution in [0.25, 0.3) is 0 Å². The fourth-order valence-corrected chi connectivity index (χ4v) is 3.47. The first-order chi connectivity index (χ1) is 11.5. The standard InChI is InChI=1S/C18H19N3O2S/c1-10-6-7-13(9-11(10)2)20-17(22)15-12(3)19-18(23)21-16(15)14-5-4-8-24-14/h4-9,16H,1-3H3,(H,20,22)(H2,19,21,23). The molecule has 3 N–H and O–H groups in total. The van der Waals surface area contributed by atoms with Crippen LogP contribution in [0.3, 0.4) is 0 Å². The number of hydrogen-bond donors (Lipinski definition) is 3. The van der Waals surface area contributed by atoms with E-state index in [-0.39, 0.29) is 11.9 Å². The number of allylic oxidation sites excluding steroid dienone is 1. The Morgan fingerprint density at radius 1 is 1.17 bits per heavy atom. The predicted octanol–water partition coefficient (Wildman–Crippen LogP) is 3.63. The molecule has 0 bridgehead atoms. The van der Waals surface area contributed by atoms with E-state index in [0.29, 0.717) is 11.3 Å². The van der Waals surface area contributed by atoms with Crippen LogP contribution in [0.2, 0.25) is 0 Å². The number of hydrogen-bond acceptors (Lipinski definition) is 3. The lowest BCUT2D eigenvalue weighted by molar-refractivity contribution is -0.113. The van der Waals surface area contributed by atoms with Gasteiger partial charge in [-0.3, -0.25) is 4.79 Å². The minimum Gasteiger partial charge on any atom is -0.326 e. The van der Waals surface area contributed by atoms with Gasteiger partial charge in [-0.15, -0.1) is 11.3 Å². The summed E-state index contributed by atoms with van der Waals surface area (Å²) in [5, 5.41) is 10.4. The molecule has 0 saturated carbocycles. The molecule has 124 valence electrons. The third-order valence-electron chi connectivity index (χ3n) is 4.11. The van der Waals surface area contributed by atoms with Crippen LogP contribution in [-0.2, 0) is 4.79 Å². The van der Waals surface area contributed by atoms with E-state index >= 15 is 0 Å². The van der Waals surface area contributed by atoms with Crippen LogP contribution in [0.1, 0.15) is 29.0 Å². The maximum absolute atomic E-state index is 12.8. The van der Waals surface area contributed by atoms with Crippen LogP contribution in [0.4, 0.5) is 10.5 Å². The zero-order valence-corrected chi connectivity index (χ0v) is 14.6. The smallest absolute Gasteiger partial charge is 0.319 e. The Bertz CT molecular complexity index is 825. The lowest BCUT2D eigenvalue weighted by Gasteiger charge is -2.27. The van der Waals surface area contributed by atoms with Gasteiger partial charge >= 0.3 is 6.03 Å². The molecule has 5 nitrogen and oxygen atoms in total. The predicted molar refractivity (Wildman–Crippen MR) is 96.0 cm³/mol. The summed E-state index contributed by atoms with van der Waals surface area (Å²) in [5.41, 5.74) is 4.12. The summed E-state index contributed by atoms with van der Waals surface area (Å²) in [4.78, 5) is 25.6. The lowest BCUT2D eigenvalue weighted by Crippen LogP contribution is -2.45. The highest BCUT2D eigenvalue weighted by Gasteiger charge is 2.31. The van der Waals surface area contributed by atoms with Gasteiger partial charge in [-0.2, -0.15) is 0 Å². The van der Waals surface area contributed by atoms with Crippen molar-refractivity contribution in [1.29, 1.82) is 0 Å². The Morgan fingerprint density at radius 3 is 2.62 bits per heavy atom. The molecule has 1 atom stereocenters. The van der Waals surface area contributed by atoms with Gasteiger partial charge in [0.1, 0.15) is 0 Å². The Balaban J connectivity index is 1.91. The molecule has 6 heteroatoms. The quantitative estimate of drug-likeness (QED) is 0.798. The van der Waals surface area contributed by atoms with Crippen molar-refractivity contribution in [2.75, 3.05) is 5.32 Å². The van der Waals surface area contributed by atoms with Crippen LogP contribution in [0.15, 0.2) is 47.0 Å². The number of amides is 3. The van der Waals surface area contributed by atoms with Crippen LogP contribution in [0.5, 0.6) is 0 Å². The summed E-state index contributed by atoms with van der Waals surface area (Å²) in [7, 11) is 0. The minimum atomic E-state index is -0.440. The van der Waals surface area contributed by atoms with E-state index in [1.165, 1.54) is 16.9 Å². The lowest BCUT2D eigenvalue weighted by atomic mass is 10.0. The van der Waals surface area contributed by atoms with Gasteiger partial charge in [-0.1, -0.05) is 12.1 Å². The third-order valence-corrected chi connectivity index (χ3v) is 5.04. The molecule has 2 aromatic rings. The molecule has 1 aliphatic rings. The summed E-state index contributed by atoms with van der Waals surface area (Å²) in [5.74, 6) is -0.221. The molecule has 3 amide bonds. The monoisotopic (exact) mass is 341 g/mol. The van der Waals surface area contributed by atoms with Crippen LogP contribution < -0.4 is 16.0 Å². The van der Waals surface area contributed by atoms with Gasteiger partial charge in [0.2, 0.25) is 0 Å². The number of anilines is 1. The molecular weight excluding hydrogens is 322 g/mol. The molecule has 3 rings (SSSR count). The van der Waals surface area contributed by atoms with Gasteiger partial charge in [0, 0.05) is 16.3 Å². The molecule has 24 heavy (non-hydrogen) atoms. The highest BCUT2D eigenvalue weighted by Crippen LogP contribution is 2.30. The zero-order chi connectivity index (χ0) is 17.3. The van der Waals surface area contributed by atoms with E-state index in [1.54, 1.807) is 6.92 Å². The van der Waals surface area contributed by atoms with Gasteiger partial charge < -0.3 is 16.0 Å². The maximum atomic E-state index is 12.8.